The quantitative estimate of drug-likeness (QED) is 0.602. The number of ether oxygens (including phenoxy) is 1. The van der Waals surface area contributed by atoms with E-state index in [9.17, 15) is 4.79 Å². The van der Waals surface area contributed by atoms with Gasteiger partial charge in [0.15, 0.2) is 11.5 Å². The van der Waals surface area contributed by atoms with Gasteiger partial charge in [-0.1, -0.05) is 6.07 Å². The average Bonchev–Trinajstić information content (AvgIpc) is 2.66. The fourth-order valence-corrected chi connectivity index (χ4v) is 1.52. The highest BCUT2D eigenvalue weighted by Gasteiger charge is 2.02. The number of hydrogen-bond acceptors (Lipinski definition) is 4. The van der Waals surface area contributed by atoms with Crippen LogP contribution in [-0.4, -0.2) is 17.6 Å². The number of oxazole rings is 1. The van der Waals surface area contributed by atoms with Gasteiger partial charge in [-0.3, -0.25) is 0 Å². The standard InChI is InChI=1S/C13H13NO3/c1-3-16-13(15)7-5-10-4-6-12-11(8-10)14-9(2)17-12/h4-8H,3H2,1-2H3. The Balaban J connectivity index is 2.21. The summed E-state index contributed by atoms with van der Waals surface area (Å²) >= 11 is 0. The van der Waals surface area contributed by atoms with E-state index in [1.807, 2.05) is 18.2 Å². The van der Waals surface area contributed by atoms with Crippen LogP contribution >= 0.6 is 0 Å². The number of benzene rings is 1. The third-order valence-corrected chi connectivity index (χ3v) is 2.22. The highest BCUT2D eigenvalue weighted by Crippen LogP contribution is 2.17. The third-order valence-electron chi connectivity index (χ3n) is 2.22. The molecule has 2 rings (SSSR count). The first kappa shape index (κ1) is 11.4. The molecule has 4 heteroatoms. The Hall–Kier alpha value is -2.10. The second-order valence-electron chi connectivity index (χ2n) is 3.55. The van der Waals surface area contributed by atoms with E-state index in [2.05, 4.69) is 4.98 Å². The van der Waals surface area contributed by atoms with Crippen molar-refractivity contribution >= 4 is 23.1 Å². The van der Waals surface area contributed by atoms with Crippen molar-refractivity contribution in [2.75, 3.05) is 6.61 Å². The van der Waals surface area contributed by atoms with Gasteiger partial charge in [-0.2, -0.15) is 0 Å². The Kier molecular flexibility index (Phi) is 3.23. The van der Waals surface area contributed by atoms with Crippen LogP contribution in [0.1, 0.15) is 18.4 Å². The number of nitrogens with zero attached hydrogens (tertiary/aromatic N) is 1. The van der Waals surface area contributed by atoms with Gasteiger partial charge in [-0.15, -0.1) is 0 Å². The molecule has 0 radical (unpaired) electrons. The highest BCUT2D eigenvalue weighted by atomic mass is 16.5. The maximum absolute atomic E-state index is 11.1. The number of aryl methyl sites for hydroxylation is 1. The van der Waals surface area contributed by atoms with E-state index in [-0.39, 0.29) is 5.97 Å². The van der Waals surface area contributed by atoms with Gasteiger partial charge in [0.1, 0.15) is 5.52 Å². The summed E-state index contributed by atoms with van der Waals surface area (Å²) in [6, 6.07) is 5.56. The first-order chi connectivity index (χ1) is 8.19. The minimum absolute atomic E-state index is 0.344. The van der Waals surface area contributed by atoms with Crippen LogP contribution in [0.4, 0.5) is 0 Å². The van der Waals surface area contributed by atoms with E-state index in [0.717, 1.165) is 16.7 Å². The minimum Gasteiger partial charge on any atom is -0.463 e. The molecule has 0 amide bonds. The number of carbonyl (C=O) groups is 1. The van der Waals surface area contributed by atoms with Crippen LogP contribution in [0.2, 0.25) is 0 Å². The summed E-state index contributed by atoms with van der Waals surface area (Å²) in [7, 11) is 0. The van der Waals surface area contributed by atoms with E-state index in [4.69, 9.17) is 9.15 Å². The van der Waals surface area contributed by atoms with E-state index in [1.54, 1.807) is 19.9 Å². The van der Waals surface area contributed by atoms with Gasteiger partial charge in [0.05, 0.1) is 6.61 Å². The summed E-state index contributed by atoms with van der Waals surface area (Å²) in [6.07, 6.45) is 3.10. The lowest BCUT2D eigenvalue weighted by atomic mass is 10.2. The third kappa shape index (κ3) is 2.72. The summed E-state index contributed by atoms with van der Waals surface area (Å²) in [5, 5.41) is 0. The lowest BCUT2D eigenvalue weighted by Gasteiger charge is -1.95. The molecule has 0 saturated heterocycles. The molecule has 0 unspecified atom stereocenters. The molecule has 2 aromatic rings. The van der Waals surface area contributed by atoms with Crippen molar-refractivity contribution in [3.63, 3.8) is 0 Å². The fourth-order valence-electron chi connectivity index (χ4n) is 1.52. The van der Waals surface area contributed by atoms with E-state index in [1.165, 1.54) is 6.08 Å². The van der Waals surface area contributed by atoms with Crippen molar-refractivity contribution in [3.05, 3.63) is 35.7 Å². The van der Waals surface area contributed by atoms with Gasteiger partial charge in [-0.05, 0) is 30.7 Å². The molecular formula is C13H13NO3. The maximum atomic E-state index is 11.1. The van der Waals surface area contributed by atoms with Crippen LogP contribution < -0.4 is 0 Å². The Labute approximate surface area is 98.9 Å². The molecule has 0 bridgehead atoms. The molecule has 0 N–H and O–H groups in total. The smallest absolute Gasteiger partial charge is 0.330 e. The predicted octanol–water partition coefficient (Wildman–Crippen LogP) is 2.71. The van der Waals surface area contributed by atoms with Crippen LogP contribution in [0.5, 0.6) is 0 Å². The lowest BCUT2D eigenvalue weighted by molar-refractivity contribution is -0.137. The maximum Gasteiger partial charge on any atom is 0.330 e. The first-order valence-electron chi connectivity index (χ1n) is 5.41. The predicted molar refractivity (Wildman–Crippen MR) is 64.4 cm³/mol. The summed E-state index contributed by atoms with van der Waals surface area (Å²) in [6.45, 7) is 3.95. The Morgan fingerprint density at radius 3 is 3.12 bits per heavy atom. The molecule has 17 heavy (non-hydrogen) atoms. The topological polar surface area (TPSA) is 52.3 Å². The number of aromatic nitrogens is 1. The van der Waals surface area contributed by atoms with E-state index < -0.39 is 0 Å². The lowest BCUT2D eigenvalue weighted by Crippen LogP contribution is -1.98. The average molecular weight is 231 g/mol. The molecule has 0 aliphatic rings. The molecule has 0 fully saturated rings. The minimum atomic E-state index is -0.344. The molecule has 1 heterocycles. The summed E-state index contributed by atoms with van der Waals surface area (Å²) in [4.78, 5) is 15.4. The number of carbonyl (C=O) groups excluding carboxylic acids is 1. The van der Waals surface area contributed by atoms with E-state index in [0.29, 0.717) is 12.5 Å². The summed E-state index contributed by atoms with van der Waals surface area (Å²) < 4.78 is 10.2. The van der Waals surface area contributed by atoms with Crippen molar-refractivity contribution in [2.45, 2.75) is 13.8 Å². The van der Waals surface area contributed by atoms with Crippen LogP contribution in [0, 0.1) is 6.92 Å². The SMILES string of the molecule is CCOC(=O)C=Cc1ccc2oc(C)nc2c1. The number of fused-ring (bicyclic) bond motifs is 1. The molecule has 0 saturated carbocycles. The first-order valence-corrected chi connectivity index (χ1v) is 5.41. The molecule has 1 aromatic carbocycles. The van der Waals surface area contributed by atoms with Crippen LogP contribution in [-0.2, 0) is 9.53 Å². The van der Waals surface area contributed by atoms with Crippen LogP contribution in [0.25, 0.3) is 17.2 Å². The van der Waals surface area contributed by atoms with Crippen molar-refractivity contribution in [1.29, 1.82) is 0 Å². The second-order valence-corrected chi connectivity index (χ2v) is 3.55. The van der Waals surface area contributed by atoms with Gasteiger partial charge < -0.3 is 9.15 Å². The molecule has 0 atom stereocenters. The van der Waals surface area contributed by atoms with Gasteiger partial charge in [0, 0.05) is 13.0 Å². The molecule has 0 aliphatic heterocycles. The molecule has 0 aliphatic carbocycles. The largest absolute Gasteiger partial charge is 0.463 e. The molecule has 88 valence electrons. The molecule has 4 nitrogen and oxygen atoms in total. The van der Waals surface area contributed by atoms with Gasteiger partial charge in [0.2, 0.25) is 0 Å². The molecule has 1 aromatic heterocycles. The second kappa shape index (κ2) is 4.82. The zero-order valence-corrected chi connectivity index (χ0v) is 9.77. The normalized spacial score (nSPS) is 11.2. The summed E-state index contributed by atoms with van der Waals surface area (Å²) in [5.41, 5.74) is 2.42. The van der Waals surface area contributed by atoms with Gasteiger partial charge in [0.25, 0.3) is 0 Å². The highest BCUT2D eigenvalue weighted by molar-refractivity contribution is 5.88. The van der Waals surface area contributed by atoms with Crippen molar-refractivity contribution in [2.24, 2.45) is 0 Å². The van der Waals surface area contributed by atoms with Gasteiger partial charge >= 0.3 is 5.97 Å². The monoisotopic (exact) mass is 231 g/mol. The van der Waals surface area contributed by atoms with Gasteiger partial charge in [-0.25, -0.2) is 9.78 Å². The molecule has 0 spiro atoms. The zero-order chi connectivity index (χ0) is 12.3. The Bertz CT molecular complexity index is 569. The Morgan fingerprint density at radius 1 is 1.53 bits per heavy atom. The summed E-state index contributed by atoms with van der Waals surface area (Å²) in [5.74, 6) is 0.287. The van der Waals surface area contributed by atoms with Crippen LogP contribution in [0.15, 0.2) is 28.7 Å². The number of rotatable bonds is 3. The number of esters is 1. The Morgan fingerprint density at radius 2 is 2.35 bits per heavy atom. The zero-order valence-electron chi connectivity index (χ0n) is 9.77. The van der Waals surface area contributed by atoms with Crippen molar-refractivity contribution < 1.29 is 13.9 Å². The van der Waals surface area contributed by atoms with Crippen LogP contribution in [0.3, 0.4) is 0 Å². The van der Waals surface area contributed by atoms with E-state index >= 15 is 0 Å². The molecular weight excluding hydrogens is 218 g/mol. The fraction of sp³-hybridized carbons (Fsp3) is 0.231. The number of hydrogen-bond donors (Lipinski definition) is 0. The van der Waals surface area contributed by atoms with Crippen molar-refractivity contribution in [3.8, 4) is 0 Å². The van der Waals surface area contributed by atoms with Crippen molar-refractivity contribution in [1.82, 2.24) is 4.98 Å².